The molecule has 4 nitrogen and oxygen atoms in total. The molecule has 2 N–H and O–H groups in total. The molecular formula is C16H24IN3O. The summed E-state index contributed by atoms with van der Waals surface area (Å²) in [6.45, 7) is 4.39. The summed E-state index contributed by atoms with van der Waals surface area (Å²) in [5, 5.41) is 13.6. The van der Waals surface area contributed by atoms with E-state index in [-0.39, 0.29) is 24.0 Å². The summed E-state index contributed by atoms with van der Waals surface area (Å²) >= 11 is 0. The van der Waals surface area contributed by atoms with Gasteiger partial charge in [0.05, 0.1) is 12.1 Å². The maximum absolute atomic E-state index is 10.2. The predicted octanol–water partition coefficient (Wildman–Crippen LogP) is 2.55. The molecule has 3 rings (SSSR count). The lowest BCUT2D eigenvalue weighted by Crippen LogP contribution is -2.44. The highest BCUT2D eigenvalue weighted by Gasteiger charge is 2.34. The van der Waals surface area contributed by atoms with Crippen LogP contribution in [0.1, 0.15) is 31.7 Å². The van der Waals surface area contributed by atoms with Gasteiger partial charge in [-0.1, -0.05) is 18.2 Å². The molecule has 1 saturated carbocycles. The smallest absolute Gasteiger partial charge is 0.198 e. The van der Waals surface area contributed by atoms with Crippen LogP contribution < -0.4 is 10.2 Å². The first-order valence-corrected chi connectivity index (χ1v) is 7.58. The fourth-order valence-corrected chi connectivity index (χ4v) is 2.92. The number of benzene rings is 1. The Morgan fingerprint density at radius 3 is 2.81 bits per heavy atom. The van der Waals surface area contributed by atoms with Gasteiger partial charge in [-0.3, -0.25) is 0 Å². The largest absolute Gasteiger partial charge is 0.388 e. The first-order chi connectivity index (χ1) is 9.72. The first kappa shape index (κ1) is 16.5. The van der Waals surface area contributed by atoms with E-state index in [4.69, 9.17) is 0 Å². The Bertz CT molecular complexity index is 514. The van der Waals surface area contributed by atoms with Crippen LogP contribution in [-0.4, -0.2) is 36.3 Å². The molecule has 116 valence electrons. The summed E-state index contributed by atoms with van der Waals surface area (Å²) in [5.41, 5.74) is 2.06. The van der Waals surface area contributed by atoms with Crippen molar-refractivity contribution >= 4 is 35.6 Å². The second-order valence-electron chi connectivity index (χ2n) is 5.78. The normalized spacial score (nSPS) is 19.5. The SMILES string of the molecule is CCNC(=NCC1(O)CCC1)N1CCc2ccccc21.I. The van der Waals surface area contributed by atoms with Gasteiger partial charge in [0.2, 0.25) is 0 Å². The van der Waals surface area contributed by atoms with Crippen LogP contribution in [0.15, 0.2) is 29.3 Å². The molecule has 0 bridgehead atoms. The maximum Gasteiger partial charge on any atom is 0.198 e. The number of anilines is 1. The molecule has 1 aromatic rings. The average molecular weight is 401 g/mol. The number of halogens is 1. The van der Waals surface area contributed by atoms with Gasteiger partial charge < -0.3 is 15.3 Å². The van der Waals surface area contributed by atoms with Crippen LogP contribution in [0.3, 0.4) is 0 Å². The minimum Gasteiger partial charge on any atom is -0.388 e. The van der Waals surface area contributed by atoms with Crippen LogP contribution in [0, 0.1) is 0 Å². The van der Waals surface area contributed by atoms with E-state index in [1.54, 1.807) is 0 Å². The number of hydrogen-bond acceptors (Lipinski definition) is 2. The quantitative estimate of drug-likeness (QED) is 0.465. The van der Waals surface area contributed by atoms with Crippen molar-refractivity contribution < 1.29 is 5.11 Å². The topological polar surface area (TPSA) is 47.9 Å². The highest BCUT2D eigenvalue weighted by Crippen LogP contribution is 2.32. The summed E-state index contributed by atoms with van der Waals surface area (Å²) in [4.78, 5) is 6.91. The van der Waals surface area contributed by atoms with Crippen molar-refractivity contribution in [2.24, 2.45) is 4.99 Å². The van der Waals surface area contributed by atoms with Crippen LogP contribution in [0.25, 0.3) is 0 Å². The van der Waals surface area contributed by atoms with E-state index in [0.29, 0.717) is 6.54 Å². The zero-order valence-electron chi connectivity index (χ0n) is 12.5. The molecule has 0 amide bonds. The summed E-state index contributed by atoms with van der Waals surface area (Å²) in [6.07, 6.45) is 3.94. The van der Waals surface area contributed by atoms with Crippen LogP contribution in [0.4, 0.5) is 5.69 Å². The maximum atomic E-state index is 10.2. The highest BCUT2D eigenvalue weighted by molar-refractivity contribution is 14.0. The number of nitrogens with zero attached hydrogens (tertiary/aromatic N) is 2. The standard InChI is InChI=1S/C16H23N3O.HI/c1-2-17-15(18-12-16(20)9-5-10-16)19-11-8-13-6-3-4-7-14(13)19;/h3-4,6-7,20H,2,5,8-12H2,1H3,(H,17,18);1H. The monoisotopic (exact) mass is 401 g/mol. The molecule has 5 heteroatoms. The van der Waals surface area contributed by atoms with E-state index in [9.17, 15) is 5.11 Å². The van der Waals surface area contributed by atoms with Crippen molar-refractivity contribution in [3.05, 3.63) is 29.8 Å². The summed E-state index contributed by atoms with van der Waals surface area (Å²) in [7, 11) is 0. The Kier molecular flexibility index (Phi) is 5.48. The van der Waals surface area contributed by atoms with Gasteiger partial charge in [-0.2, -0.15) is 0 Å². The second-order valence-corrected chi connectivity index (χ2v) is 5.78. The van der Waals surface area contributed by atoms with E-state index in [1.807, 2.05) is 0 Å². The fourth-order valence-electron chi connectivity index (χ4n) is 2.92. The molecule has 0 atom stereocenters. The van der Waals surface area contributed by atoms with Gasteiger partial charge >= 0.3 is 0 Å². The third kappa shape index (κ3) is 3.51. The molecular weight excluding hydrogens is 377 g/mol. The average Bonchev–Trinajstić information content (AvgIpc) is 2.85. The number of fused-ring (bicyclic) bond motifs is 1. The van der Waals surface area contributed by atoms with Crippen molar-refractivity contribution in [3.8, 4) is 0 Å². The zero-order chi connectivity index (χ0) is 14.0. The van der Waals surface area contributed by atoms with E-state index in [1.165, 1.54) is 11.3 Å². The van der Waals surface area contributed by atoms with Gasteiger partial charge in [-0.25, -0.2) is 4.99 Å². The molecule has 1 aliphatic carbocycles. The number of para-hydroxylation sites is 1. The summed E-state index contributed by atoms with van der Waals surface area (Å²) < 4.78 is 0. The van der Waals surface area contributed by atoms with Gasteiger partial charge in [0, 0.05) is 18.8 Å². The third-order valence-electron chi connectivity index (χ3n) is 4.29. The molecule has 0 unspecified atom stereocenters. The minimum atomic E-state index is -0.556. The Morgan fingerprint density at radius 1 is 1.38 bits per heavy atom. The van der Waals surface area contributed by atoms with Crippen LogP contribution in [0.2, 0.25) is 0 Å². The minimum absolute atomic E-state index is 0. The molecule has 1 aromatic carbocycles. The fraction of sp³-hybridized carbons (Fsp3) is 0.562. The Morgan fingerprint density at radius 2 is 2.14 bits per heavy atom. The van der Waals surface area contributed by atoms with Gasteiger partial charge in [0.25, 0.3) is 0 Å². The number of aliphatic imine (C=N–C) groups is 1. The summed E-state index contributed by atoms with van der Waals surface area (Å²) in [6, 6.07) is 8.48. The van der Waals surface area contributed by atoms with Crippen molar-refractivity contribution in [1.29, 1.82) is 0 Å². The van der Waals surface area contributed by atoms with Gasteiger partial charge in [0.1, 0.15) is 0 Å². The van der Waals surface area contributed by atoms with Crippen molar-refractivity contribution in [2.75, 3.05) is 24.5 Å². The van der Waals surface area contributed by atoms with Crippen molar-refractivity contribution in [3.63, 3.8) is 0 Å². The lowest BCUT2D eigenvalue weighted by atomic mass is 9.80. The van der Waals surface area contributed by atoms with E-state index < -0.39 is 5.60 Å². The second kappa shape index (κ2) is 6.96. The molecule has 1 aliphatic heterocycles. The predicted molar refractivity (Wildman–Crippen MR) is 97.7 cm³/mol. The summed E-state index contributed by atoms with van der Waals surface area (Å²) in [5.74, 6) is 0.901. The first-order valence-electron chi connectivity index (χ1n) is 7.58. The Hall–Kier alpha value is -0.820. The number of hydrogen-bond donors (Lipinski definition) is 2. The number of aliphatic hydroxyl groups is 1. The van der Waals surface area contributed by atoms with E-state index in [2.05, 4.69) is 46.4 Å². The van der Waals surface area contributed by atoms with Crippen LogP contribution in [-0.2, 0) is 6.42 Å². The third-order valence-corrected chi connectivity index (χ3v) is 4.29. The molecule has 1 heterocycles. The Labute approximate surface area is 143 Å². The van der Waals surface area contributed by atoms with Gasteiger partial charge in [-0.15, -0.1) is 24.0 Å². The van der Waals surface area contributed by atoms with Gasteiger partial charge in [0.15, 0.2) is 5.96 Å². The zero-order valence-corrected chi connectivity index (χ0v) is 14.8. The molecule has 2 aliphatic rings. The number of nitrogens with one attached hydrogen (secondary N) is 1. The molecule has 21 heavy (non-hydrogen) atoms. The van der Waals surface area contributed by atoms with Crippen molar-refractivity contribution in [1.82, 2.24) is 5.32 Å². The molecule has 1 fully saturated rings. The van der Waals surface area contributed by atoms with E-state index >= 15 is 0 Å². The van der Waals surface area contributed by atoms with Crippen molar-refractivity contribution in [2.45, 2.75) is 38.2 Å². The van der Waals surface area contributed by atoms with Crippen LogP contribution in [0.5, 0.6) is 0 Å². The molecule has 0 aromatic heterocycles. The highest BCUT2D eigenvalue weighted by atomic mass is 127. The van der Waals surface area contributed by atoms with Gasteiger partial charge in [-0.05, 0) is 44.2 Å². The van der Waals surface area contributed by atoms with E-state index in [0.717, 1.165) is 44.7 Å². The number of guanidine groups is 1. The lowest BCUT2D eigenvalue weighted by molar-refractivity contribution is -0.0235. The van der Waals surface area contributed by atoms with Crippen LogP contribution >= 0.6 is 24.0 Å². The number of rotatable bonds is 3. The lowest BCUT2D eigenvalue weighted by Gasteiger charge is -2.35. The molecule has 0 saturated heterocycles. The Balaban J connectivity index is 0.00000161. The molecule has 0 radical (unpaired) electrons. The molecule has 0 spiro atoms.